The lowest BCUT2D eigenvalue weighted by Gasteiger charge is -2.22. The summed E-state index contributed by atoms with van der Waals surface area (Å²) in [5.74, 6) is 1.23. The van der Waals surface area contributed by atoms with Crippen LogP contribution in [0.5, 0.6) is 0 Å². The number of nitrogens with one attached hydrogen (secondary N) is 1. The molecule has 0 spiro atoms. The molecule has 1 N–H and O–H groups in total. The van der Waals surface area contributed by atoms with E-state index in [-0.39, 0.29) is 11.9 Å². The van der Waals surface area contributed by atoms with Crippen molar-refractivity contribution in [2.75, 3.05) is 0 Å². The van der Waals surface area contributed by atoms with Crippen LogP contribution < -0.4 is 5.32 Å². The van der Waals surface area contributed by atoms with Gasteiger partial charge in [-0.25, -0.2) is 4.39 Å². The number of benzene rings is 2. The summed E-state index contributed by atoms with van der Waals surface area (Å²) >= 11 is 0. The number of aromatic nitrogens is 2. The highest BCUT2D eigenvalue weighted by atomic mass is 19.1. The minimum absolute atomic E-state index is 0.0785. The summed E-state index contributed by atoms with van der Waals surface area (Å²) in [5.41, 5.74) is 3.26. The molecule has 0 saturated heterocycles. The largest absolute Gasteiger partial charge is 0.338 e. The van der Waals surface area contributed by atoms with Gasteiger partial charge in [-0.2, -0.15) is 4.98 Å². The van der Waals surface area contributed by atoms with E-state index >= 15 is 0 Å². The van der Waals surface area contributed by atoms with E-state index in [1.807, 2.05) is 24.3 Å². The van der Waals surface area contributed by atoms with Gasteiger partial charge in [-0.05, 0) is 35.6 Å². The van der Waals surface area contributed by atoms with E-state index in [1.54, 1.807) is 0 Å². The minimum Gasteiger partial charge on any atom is -0.338 e. The maximum Gasteiger partial charge on any atom is 0.240 e. The second-order valence-electron chi connectivity index (χ2n) is 6.72. The Kier molecular flexibility index (Phi) is 5.78. The number of nitrogens with zero attached hydrogens (tertiary/aromatic N) is 2. The van der Waals surface area contributed by atoms with Gasteiger partial charge in [0.25, 0.3) is 0 Å². The van der Waals surface area contributed by atoms with Gasteiger partial charge in [0.05, 0.1) is 6.54 Å². The van der Waals surface area contributed by atoms with Crippen molar-refractivity contribution in [1.82, 2.24) is 15.5 Å². The first-order valence-corrected chi connectivity index (χ1v) is 8.97. The van der Waals surface area contributed by atoms with Crippen LogP contribution in [0.3, 0.4) is 0 Å². The Balaban J connectivity index is 1.68. The molecule has 0 amide bonds. The molecule has 2 aromatic carbocycles. The van der Waals surface area contributed by atoms with E-state index in [1.165, 1.54) is 17.7 Å². The minimum atomic E-state index is -0.230. The van der Waals surface area contributed by atoms with Crippen molar-refractivity contribution in [3.8, 4) is 11.4 Å². The molecule has 136 valence electrons. The van der Waals surface area contributed by atoms with Gasteiger partial charge in [0, 0.05) is 11.6 Å². The van der Waals surface area contributed by atoms with E-state index in [0.717, 1.165) is 17.5 Å². The van der Waals surface area contributed by atoms with Crippen LogP contribution in [-0.4, -0.2) is 10.1 Å². The number of halogens is 1. The summed E-state index contributed by atoms with van der Waals surface area (Å²) in [6.45, 7) is 6.82. The van der Waals surface area contributed by atoms with E-state index in [0.29, 0.717) is 24.2 Å². The molecular weight excluding hydrogens is 329 g/mol. The molecule has 1 aromatic heterocycles. The van der Waals surface area contributed by atoms with E-state index in [2.05, 4.69) is 48.4 Å². The Labute approximate surface area is 153 Å². The SMILES string of the molecule is CCc1ccc(-c2noc(CN[C@H](c3ccc(F)cc3)C(C)C)n2)cc1. The van der Waals surface area contributed by atoms with Gasteiger partial charge in [-0.1, -0.05) is 62.3 Å². The molecule has 0 aliphatic rings. The second-order valence-corrected chi connectivity index (χ2v) is 6.72. The molecule has 0 radical (unpaired) electrons. The normalized spacial score (nSPS) is 12.5. The Morgan fingerprint density at radius 1 is 1.04 bits per heavy atom. The van der Waals surface area contributed by atoms with Crippen molar-refractivity contribution in [2.24, 2.45) is 5.92 Å². The molecule has 3 aromatic rings. The van der Waals surface area contributed by atoms with Crippen LogP contribution in [0.1, 0.15) is 43.8 Å². The number of rotatable bonds is 7. The van der Waals surface area contributed by atoms with Gasteiger partial charge >= 0.3 is 0 Å². The first-order valence-electron chi connectivity index (χ1n) is 8.97. The van der Waals surface area contributed by atoms with Gasteiger partial charge in [0.1, 0.15) is 5.82 Å². The molecule has 26 heavy (non-hydrogen) atoms. The first kappa shape index (κ1) is 18.3. The van der Waals surface area contributed by atoms with Crippen molar-refractivity contribution in [2.45, 2.75) is 39.8 Å². The second kappa shape index (κ2) is 8.23. The highest BCUT2D eigenvalue weighted by molar-refractivity contribution is 5.54. The average molecular weight is 353 g/mol. The Hall–Kier alpha value is -2.53. The van der Waals surface area contributed by atoms with E-state index < -0.39 is 0 Å². The fraction of sp³-hybridized carbons (Fsp3) is 0.333. The Morgan fingerprint density at radius 3 is 2.35 bits per heavy atom. The summed E-state index contributed by atoms with van der Waals surface area (Å²) in [6.07, 6.45) is 1.00. The van der Waals surface area contributed by atoms with Crippen molar-refractivity contribution in [1.29, 1.82) is 0 Å². The lowest BCUT2D eigenvalue weighted by molar-refractivity contribution is 0.337. The first-order chi connectivity index (χ1) is 12.6. The third-order valence-electron chi connectivity index (χ3n) is 4.46. The van der Waals surface area contributed by atoms with Gasteiger partial charge in [-0.3, -0.25) is 0 Å². The molecule has 0 aliphatic heterocycles. The number of aryl methyl sites for hydroxylation is 1. The third-order valence-corrected chi connectivity index (χ3v) is 4.46. The van der Waals surface area contributed by atoms with E-state index in [9.17, 15) is 4.39 Å². The van der Waals surface area contributed by atoms with Crippen molar-refractivity contribution in [3.63, 3.8) is 0 Å². The van der Waals surface area contributed by atoms with Crippen LogP contribution in [0.15, 0.2) is 53.1 Å². The maximum atomic E-state index is 13.2. The van der Waals surface area contributed by atoms with Gasteiger partial charge in [-0.15, -0.1) is 0 Å². The van der Waals surface area contributed by atoms with Crippen LogP contribution in [-0.2, 0) is 13.0 Å². The zero-order valence-electron chi connectivity index (χ0n) is 15.4. The predicted octanol–water partition coefficient (Wildman–Crippen LogP) is 4.93. The zero-order chi connectivity index (χ0) is 18.5. The molecule has 5 heteroatoms. The summed E-state index contributed by atoms with van der Waals surface area (Å²) in [7, 11) is 0. The molecule has 0 fully saturated rings. The molecule has 0 bridgehead atoms. The zero-order valence-corrected chi connectivity index (χ0v) is 15.4. The Bertz CT molecular complexity index is 825. The van der Waals surface area contributed by atoms with Crippen LogP contribution in [0.4, 0.5) is 4.39 Å². The molecule has 0 aliphatic carbocycles. The van der Waals surface area contributed by atoms with E-state index in [4.69, 9.17) is 4.52 Å². The quantitative estimate of drug-likeness (QED) is 0.655. The van der Waals surface area contributed by atoms with Gasteiger partial charge in [0.15, 0.2) is 0 Å². The van der Waals surface area contributed by atoms with Crippen molar-refractivity contribution < 1.29 is 8.91 Å². The van der Waals surface area contributed by atoms with Gasteiger partial charge < -0.3 is 9.84 Å². The molecule has 3 rings (SSSR count). The van der Waals surface area contributed by atoms with Gasteiger partial charge in [0.2, 0.25) is 11.7 Å². The number of hydrogen-bond donors (Lipinski definition) is 1. The predicted molar refractivity (Wildman–Crippen MR) is 99.9 cm³/mol. The summed E-state index contributed by atoms with van der Waals surface area (Å²) in [5, 5.41) is 7.51. The van der Waals surface area contributed by atoms with Crippen molar-refractivity contribution >= 4 is 0 Å². The fourth-order valence-corrected chi connectivity index (χ4v) is 2.94. The number of hydrogen-bond acceptors (Lipinski definition) is 4. The average Bonchev–Trinajstić information content (AvgIpc) is 3.12. The maximum absolute atomic E-state index is 13.2. The molecule has 1 atom stereocenters. The smallest absolute Gasteiger partial charge is 0.240 e. The summed E-state index contributed by atoms with van der Waals surface area (Å²) in [4.78, 5) is 4.47. The van der Waals surface area contributed by atoms with Crippen LogP contribution in [0.25, 0.3) is 11.4 Å². The molecule has 4 nitrogen and oxygen atoms in total. The summed E-state index contributed by atoms with van der Waals surface area (Å²) < 4.78 is 18.5. The molecule has 1 heterocycles. The molecule has 0 saturated carbocycles. The van der Waals surface area contributed by atoms with Crippen molar-refractivity contribution in [3.05, 3.63) is 71.4 Å². The topological polar surface area (TPSA) is 51.0 Å². The highest BCUT2D eigenvalue weighted by Gasteiger charge is 2.17. The lowest BCUT2D eigenvalue weighted by atomic mass is 9.96. The fourth-order valence-electron chi connectivity index (χ4n) is 2.94. The Morgan fingerprint density at radius 2 is 1.73 bits per heavy atom. The molecule has 0 unspecified atom stereocenters. The van der Waals surface area contributed by atoms with Crippen LogP contribution in [0, 0.1) is 11.7 Å². The van der Waals surface area contributed by atoms with Crippen LogP contribution in [0.2, 0.25) is 0 Å². The molecular formula is C21H24FN3O. The monoisotopic (exact) mass is 353 g/mol. The highest BCUT2D eigenvalue weighted by Crippen LogP contribution is 2.23. The third kappa shape index (κ3) is 4.35. The van der Waals surface area contributed by atoms with Crippen LogP contribution >= 0.6 is 0 Å². The lowest BCUT2D eigenvalue weighted by Crippen LogP contribution is -2.25. The standard InChI is InChI=1S/C21H24FN3O/c1-4-15-5-7-17(8-6-15)21-24-19(26-25-21)13-23-20(14(2)3)16-9-11-18(22)12-10-16/h5-12,14,20,23H,4,13H2,1-3H3/t20-/m0/s1. The summed E-state index contributed by atoms with van der Waals surface area (Å²) in [6, 6.07) is 14.8.